The molecule has 1 aromatic carbocycles. The van der Waals surface area contributed by atoms with Crippen LogP contribution < -0.4 is 16.6 Å². The summed E-state index contributed by atoms with van der Waals surface area (Å²) in [6.07, 6.45) is 0. The first-order valence-corrected chi connectivity index (χ1v) is 9.75. The normalized spacial score (nSPS) is 10.9. The number of aryl methyl sites for hydroxylation is 2. The minimum Gasteiger partial charge on any atom is -0.506 e. The summed E-state index contributed by atoms with van der Waals surface area (Å²) in [7, 11) is 0. The number of nitrogens with two attached hydrogens (primary N) is 1. The Bertz CT molecular complexity index is 1120. The summed E-state index contributed by atoms with van der Waals surface area (Å²) >= 11 is 2.23. The molecule has 9 heteroatoms. The topological polar surface area (TPSA) is 125 Å². The van der Waals surface area contributed by atoms with E-state index < -0.39 is 11.5 Å². The van der Waals surface area contributed by atoms with E-state index in [1.54, 1.807) is 0 Å². The van der Waals surface area contributed by atoms with Crippen molar-refractivity contribution < 1.29 is 14.7 Å². The van der Waals surface area contributed by atoms with E-state index in [4.69, 9.17) is 5.73 Å². The third-order valence-electron chi connectivity index (χ3n) is 3.87. The summed E-state index contributed by atoms with van der Waals surface area (Å²) in [5, 5.41) is 12.8. The molecule has 0 atom stereocenters. The van der Waals surface area contributed by atoms with Gasteiger partial charge in [-0.25, -0.2) is 0 Å². The summed E-state index contributed by atoms with van der Waals surface area (Å²) in [5.41, 5.74) is 7.91. The van der Waals surface area contributed by atoms with Crippen LogP contribution >= 0.6 is 23.1 Å². The molecule has 2 heterocycles. The summed E-state index contributed by atoms with van der Waals surface area (Å²) in [5.74, 6) is -1.15. The zero-order valence-electron chi connectivity index (χ0n) is 14.6. The SMILES string of the molecule is Cc1ccc(C)c(NC(=O)CSc2sc3c(O)cc(=O)[nH]c3c2C(N)=O)c1. The van der Waals surface area contributed by atoms with Gasteiger partial charge in [-0.15, -0.1) is 23.1 Å². The Labute approximate surface area is 162 Å². The van der Waals surface area contributed by atoms with Crippen molar-refractivity contribution in [2.75, 3.05) is 11.1 Å². The first-order chi connectivity index (χ1) is 12.8. The van der Waals surface area contributed by atoms with Gasteiger partial charge in [-0.1, -0.05) is 12.1 Å². The molecular weight excluding hydrogens is 386 g/mol. The minimum atomic E-state index is -0.736. The molecule has 0 aliphatic rings. The largest absolute Gasteiger partial charge is 0.506 e. The van der Waals surface area contributed by atoms with E-state index in [0.29, 0.717) is 8.91 Å². The Morgan fingerprint density at radius 1 is 1.30 bits per heavy atom. The van der Waals surface area contributed by atoms with Gasteiger partial charge in [0.25, 0.3) is 11.5 Å². The van der Waals surface area contributed by atoms with Gasteiger partial charge in [0.1, 0.15) is 5.75 Å². The molecule has 0 saturated heterocycles. The summed E-state index contributed by atoms with van der Waals surface area (Å²) in [6.45, 7) is 3.84. The lowest BCUT2D eigenvalue weighted by atomic mass is 10.1. The highest BCUT2D eigenvalue weighted by molar-refractivity contribution is 8.02. The molecule has 5 N–H and O–H groups in total. The lowest BCUT2D eigenvalue weighted by molar-refractivity contribution is -0.113. The summed E-state index contributed by atoms with van der Waals surface area (Å²) < 4.78 is 0.812. The van der Waals surface area contributed by atoms with Gasteiger partial charge in [0.05, 0.1) is 25.7 Å². The number of carbonyl (C=O) groups excluding carboxylic acids is 2. The first-order valence-electron chi connectivity index (χ1n) is 7.94. The van der Waals surface area contributed by atoms with Gasteiger partial charge in [-0.3, -0.25) is 14.4 Å². The maximum Gasteiger partial charge on any atom is 0.252 e. The molecule has 140 valence electrons. The van der Waals surface area contributed by atoms with E-state index in [1.807, 2.05) is 32.0 Å². The third-order valence-corrected chi connectivity index (χ3v) is 6.36. The molecule has 2 amide bonds. The average molecular weight is 403 g/mol. The van der Waals surface area contributed by atoms with Crippen LogP contribution in [0.25, 0.3) is 10.2 Å². The number of rotatable bonds is 5. The Kier molecular flexibility index (Phi) is 5.24. The zero-order valence-corrected chi connectivity index (χ0v) is 16.2. The fraction of sp³-hybridized carbons (Fsp3) is 0.167. The van der Waals surface area contributed by atoms with Gasteiger partial charge in [-0.2, -0.15) is 0 Å². The molecule has 0 saturated carbocycles. The van der Waals surface area contributed by atoms with Crippen LogP contribution in [0.5, 0.6) is 5.75 Å². The van der Waals surface area contributed by atoms with Crippen LogP contribution in [-0.4, -0.2) is 27.7 Å². The van der Waals surface area contributed by atoms with Crippen LogP contribution in [0.2, 0.25) is 0 Å². The number of nitrogens with one attached hydrogen (secondary N) is 2. The Balaban J connectivity index is 1.84. The molecule has 0 spiro atoms. The molecule has 7 nitrogen and oxygen atoms in total. The molecule has 27 heavy (non-hydrogen) atoms. The van der Waals surface area contributed by atoms with Crippen molar-refractivity contribution in [2.24, 2.45) is 5.73 Å². The number of aromatic hydroxyl groups is 1. The van der Waals surface area contributed by atoms with Gasteiger partial charge in [0, 0.05) is 11.8 Å². The number of amides is 2. The Morgan fingerprint density at radius 3 is 2.74 bits per heavy atom. The number of aromatic amines is 1. The highest BCUT2D eigenvalue weighted by atomic mass is 32.2. The second-order valence-electron chi connectivity index (χ2n) is 6.01. The predicted molar refractivity (Wildman–Crippen MR) is 108 cm³/mol. The number of anilines is 1. The van der Waals surface area contributed by atoms with Crippen molar-refractivity contribution in [3.63, 3.8) is 0 Å². The van der Waals surface area contributed by atoms with Crippen molar-refractivity contribution in [1.29, 1.82) is 0 Å². The van der Waals surface area contributed by atoms with E-state index >= 15 is 0 Å². The van der Waals surface area contributed by atoms with Crippen LogP contribution in [0.15, 0.2) is 33.3 Å². The van der Waals surface area contributed by atoms with Crippen LogP contribution in [0.1, 0.15) is 21.5 Å². The summed E-state index contributed by atoms with van der Waals surface area (Å²) in [4.78, 5) is 38.3. The fourth-order valence-electron chi connectivity index (χ4n) is 2.57. The Hall–Kier alpha value is -2.78. The maximum absolute atomic E-state index is 12.3. The lowest BCUT2D eigenvalue weighted by Crippen LogP contribution is -2.16. The second-order valence-corrected chi connectivity index (χ2v) is 8.27. The number of carbonyl (C=O) groups is 2. The van der Waals surface area contributed by atoms with Gasteiger partial charge in [0.15, 0.2) is 0 Å². The number of primary amides is 1. The van der Waals surface area contributed by atoms with Crippen molar-refractivity contribution in [1.82, 2.24) is 4.98 Å². The van der Waals surface area contributed by atoms with E-state index in [-0.39, 0.29) is 28.5 Å². The highest BCUT2D eigenvalue weighted by Crippen LogP contribution is 2.40. The van der Waals surface area contributed by atoms with E-state index in [2.05, 4.69) is 10.3 Å². The average Bonchev–Trinajstić information content (AvgIpc) is 2.95. The van der Waals surface area contributed by atoms with Crippen LogP contribution in [0.4, 0.5) is 5.69 Å². The maximum atomic E-state index is 12.3. The molecule has 0 fully saturated rings. The van der Waals surface area contributed by atoms with Gasteiger partial charge in [-0.05, 0) is 31.0 Å². The smallest absolute Gasteiger partial charge is 0.252 e. The lowest BCUT2D eigenvalue weighted by Gasteiger charge is -2.09. The van der Waals surface area contributed by atoms with Crippen LogP contribution in [-0.2, 0) is 4.79 Å². The number of benzene rings is 1. The van der Waals surface area contributed by atoms with Crippen LogP contribution in [0, 0.1) is 13.8 Å². The molecular formula is C18H17N3O4S2. The molecule has 3 aromatic rings. The highest BCUT2D eigenvalue weighted by Gasteiger charge is 2.21. The fourth-order valence-corrected chi connectivity index (χ4v) is 4.82. The first kappa shape index (κ1) is 19.0. The molecule has 3 rings (SSSR count). The van der Waals surface area contributed by atoms with E-state index in [9.17, 15) is 19.5 Å². The second kappa shape index (κ2) is 7.45. The monoisotopic (exact) mass is 403 g/mol. The van der Waals surface area contributed by atoms with Crippen molar-refractivity contribution >= 4 is 50.8 Å². The molecule has 2 aromatic heterocycles. The molecule has 0 bridgehead atoms. The molecule has 0 radical (unpaired) electrons. The van der Waals surface area contributed by atoms with Crippen molar-refractivity contribution in [2.45, 2.75) is 18.1 Å². The number of aromatic nitrogens is 1. The molecule has 0 unspecified atom stereocenters. The number of H-pyrrole nitrogens is 1. The number of thiophene rings is 1. The number of fused-ring (bicyclic) bond motifs is 1. The van der Waals surface area contributed by atoms with Crippen molar-refractivity contribution in [3.05, 3.63) is 51.3 Å². The van der Waals surface area contributed by atoms with Gasteiger partial charge < -0.3 is 21.1 Å². The van der Waals surface area contributed by atoms with E-state index in [0.717, 1.165) is 46.0 Å². The standard InChI is InChI=1S/C18H17N3O4S2/c1-8-3-4-9(2)10(5-8)20-13(24)7-26-18-14(17(19)25)15-16(27-18)11(22)6-12(23)21-15/h3-6H,7H2,1-2H3,(H2,19,25)(H,20,24)(H2,21,22,23). The predicted octanol–water partition coefficient (Wildman–Crippen LogP) is 2.74. The quantitative estimate of drug-likeness (QED) is 0.488. The zero-order chi connectivity index (χ0) is 19.7. The molecule has 0 aliphatic heterocycles. The summed E-state index contributed by atoms with van der Waals surface area (Å²) in [6, 6.07) is 6.80. The number of thioether (sulfide) groups is 1. The minimum absolute atomic E-state index is 0.0471. The van der Waals surface area contributed by atoms with Gasteiger partial charge >= 0.3 is 0 Å². The number of hydrogen-bond donors (Lipinski definition) is 4. The van der Waals surface area contributed by atoms with Crippen LogP contribution in [0.3, 0.4) is 0 Å². The number of hydrogen-bond acceptors (Lipinski definition) is 6. The third kappa shape index (κ3) is 3.99. The van der Waals surface area contributed by atoms with E-state index in [1.165, 1.54) is 0 Å². The molecule has 0 aliphatic carbocycles. The van der Waals surface area contributed by atoms with Gasteiger partial charge in [0.2, 0.25) is 5.91 Å². The van der Waals surface area contributed by atoms with Crippen molar-refractivity contribution in [3.8, 4) is 5.75 Å². The number of pyridine rings is 1. The Morgan fingerprint density at radius 2 is 2.04 bits per heavy atom.